The van der Waals surface area contributed by atoms with Crippen LogP contribution < -0.4 is 11.3 Å². The Morgan fingerprint density at radius 1 is 1.37 bits per heavy atom. The SMILES string of the molecule is CC(N)c1cc(=O)[nH]c(Cc2ccc(Cl)cc2Cl)n1. The average molecular weight is 298 g/mol. The lowest BCUT2D eigenvalue weighted by Gasteiger charge is -2.08. The first-order valence-electron chi connectivity index (χ1n) is 5.75. The van der Waals surface area contributed by atoms with Gasteiger partial charge in [0, 0.05) is 28.6 Å². The third kappa shape index (κ3) is 3.56. The molecule has 0 saturated heterocycles. The normalized spacial score (nSPS) is 12.4. The predicted molar refractivity (Wildman–Crippen MR) is 76.7 cm³/mol. The monoisotopic (exact) mass is 297 g/mol. The summed E-state index contributed by atoms with van der Waals surface area (Å²) in [4.78, 5) is 18.5. The van der Waals surface area contributed by atoms with Gasteiger partial charge in [-0.15, -0.1) is 0 Å². The van der Waals surface area contributed by atoms with Crippen LogP contribution in [-0.2, 0) is 6.42 Å². The van der Waals surface area contributed by atoms with E-state index >= 15 is 0 Å². The van der Waals surface area contributed by atoms with Crippen molar-refractivity contribution in [3.63, 3.8) is 0 Å². The Kier molecular flexibility index (Phi) is 4.24. The first kappa shape index (κ1) is 14.1. The van der Waals surface area contributed by atoms with Gasteiger partial charge in [0.05, 0.1) is 5.69 Å². The first-order valence-corrected chi connectivity index (χ1v) is 6.51. The molecule has 4 nitrogen and oxygen atoms in total. The molecule has 6 heteroatoms. The van der Waals surface area contributed by atoms with Gasteiger partial charge in [-0.1, -0.05) is 29.3 Å². The molecule has 0 bridgehead atoms. The molecule has 0 fully saturated rings. The van der Waals surface area contributed by atoms with Crippen LogP contribution in [0.25, 0.3) is 0 Å². The number of hydrogen-bond donors (Lipinski definition) is 2. The maximum absolute atomic E-state index is 11.5. The molecule has 2 aromatic rings. The van der Waals surface area contributed by atoms with Crippen molar-refractivity contribution in [2.45, 2.75) is 19.4 Å². The summed E-state index contributed by atoms with van der Waals surface area (Å²) in [5.41, 5.74) is 6.92. The molecule has 100 valence electrons. The highest BCUT2D eigenvalue weighted by Crippen LogP contribution is 2.22. The number of nitrogens with zero attached hydrogens (tertiary/aromatic N) is 1. The minimum absolute atomic E-state index is 0.220. The largest absolute Gasteiger partial charge is 0.323 e. The summed E-state index contributed by atoms with van der Waals surface area (Å²) < 4.78 is 0. The Morgan fingerprint density at radius 2 is 2.11 bits per heavy atom. The summed E-state index contributed by atoms with van der Waals surface area (Å²) in [6.45, 7) is 1.78. The molecule has 0 saturated carbocycles. The van der Waals surface area contributed by atoms with E-state index in [1.54, 1.807) is 19.1 Å². The molecule has 0 aliphatic carbocycles. The number of hydrogen-bond acceptors (Lipinski definition) is 3. The van der Waals surface area contributed by atoms with E-state index in [1.165, 1.54) is 6.07 Å². The highest BCUT2D eigenvalue weighted by atomic mass is 35.5. The van der Waals surface area contributed by atoms with E-state index in [1.807, 2.05) is 6.07 Å². The number of rotatable bonds is 3. The second-order valence-corrected chi connectivity index (χ2v) is 5.16. The van der Waals surface area contributed by atoms with Crippen molar-refractivity contribution in [3.8, 4) is 0 Å². The summed E-state index contributed by atoms with van der Waals surface area (Å²) in [7, 11) is 0. The second kappa shape index (κ2) is 5.74. The Hall–Kier alpha value is -1.36. The van der Waals surface area contributed by atoms with E-state index in [0.29, 0.717) is 28.0 Å². The molecule has 1 atom stereocenters. The summed E-state index contributed by atoms with van der Waals surface area (Å²) in [6, 6.07) is 6.32. The summed E-state index contributed by atoms with van der Waals surface area (Å²) in [6.07, 6.45) is 0.422. The van der Waals surface area contributed by atoms with Gasteiger partial charge >= 0.3 is 0 Å². The van der Waals surface area contributed by atoms with E-state index in [0.717, 1.165) is 5.56 Å². The molecule has 1 unspecified atom stereocenters. The number of aromatic nitrogens is 2. The highest BCUT2D eigenvalue weighted by Gasteiger charge is 2.08. The molecule has 2 rings (SSSR count). The zero-order valence-electron chi connectivity index (χ0n) is 10.3. The standard InChI is InChI=1S/C13H13Cl2N3O/c1-7(16)11-6-13(19)18-12(17-11)4-8-2-3-9(14)5-10(8)15/h2-3,5-7H,4,16H2,1H3,(H,17,18,19). The van der Waals surface area contributed by atoms with Crippen LogP contribution in [0.1, 0.15) is 30.0 Å². The fourth-order valence-corrected chi connectivity index (χ4v) is 2.17. The molecule has 0 spiro atoms. The van der Waals surface area contributed by atoms with Gasteiger partial charge in [-0.25, -0.2) is 4.98 Å². The number of nitrogens with one attached hydrogen (secondary N) is 1. The Labute approximate surface area is 120 Å². The van der Waals surface area contributed by atoms with Crippen LogP contribution in [0.4, 0.5) is 0 Å². The molecular weight excluding hydrogens is 285 g/mol. The zero-order valence-corrected chi connectivity index (χ0v) is 11.8. The van der Waals surface area contributed by atoms with Crippen molar-refractivity contribution >= 4 is 23.2 Å². The second-order valence-electron chi connectivity index (χ2n) is 4.32. The molecule has 0 aliphatic rings. The molecular formula is C13H13Cl2N3O. The van der Waals surface area contributed by atoms with Gasteiger partial charge in [0.15, 0.2) is 0 Å². The topological polar surface area (TPSA) is 71.8 Å². The van der Waals surface area contributed by atoms with Crippen LogP contribution in [0.15, 0.2) is 29.1 Å². The van der Waals surface area contributed by atoms with E-state index in [9.17, 15) is 4.79 Å². The third-order valence-electron chi connectivity index (χ3n) is 2.65. The van der Waals surface area contributed by atoms with Crippen molar-refractivity contribution in [2.75, 3.05) is 0 Å². The van der Waals surface area contributed by atoms with Gasteiger partial charge in [0.25, 0.3) is 5.56 Å². The molecule has 1 aromatic heterocycles. The number of aromatic amines is 1. The van der Waals surface area contributed by atoms with E-state index in [-0.39, 0.29) is 11.6 Å². The molecule has 19 heavy (non-hydrogen) atoms. The van der Waals surface area contributed by atoms with Gasteiger partial charge in [0.2, 0.25) is 0 Å². The van der Waals surface area contributed by atoms with Crippen LogP contribution in [0, 0.1) is 0 Å². The van der Waals surface area contributed by atoms with Crippen LogP contribution in [0.5, 0.6) is 0 Å². The van der Waals surface area contributed by atoms with Crippen LogP contribution in [-0.4, -0.2) is 9.97 Å². The van der Waals surface area contributed by atoms with Gasteiger partial charge < -0.3 is 10.7 Å². The third-order valence-corrected chi connectivity index (χ3v) is 3.24. The van der Waals surface area contributed by atoms with Crippen LogP contribution >= 0.6 is 23.2 Å². The fourth-order valence-electron chi connectivity index (χ4n) is 1.69. The quantitative estimate of drug-likeness (QED) is 0.915. The number of nitrogens with two attached hydrogens (primary N) is 1. The van der Waals surface area contributed by atoms with Gasteiger partial charge in [-0.05, 0) is 24.6 Å². The van der Waals surface area contributed by atoms with Crippen molar-refractivity contribution in [3.05, 3.63) is 61.7 Å². The Morgan fingerprint density at radius 3 is 2.74 bits per heavy atom. The smallest absolute Gasteiger partial charge is 0.251 e. The molecule has 0 amide bonds. The first-order chi connectivity index (χ1) is 8.95. The van der Waals surface area contributed by atoms with Crippen molar-refractivity contribution in [1.29, 1.82) is 0 Å². The van der Waals surface area contributed by atoms with Gasteiger partial charge in [0.1, 0.15) is 5.82 Å². The van der Waals surface area contributed by atoms with E-state index in [2.05, 4.69) is 9.97 Å². The van der Waals surface area contributed by atoms with Crippen molar-refractivity contribution in [2.24, 2.45) is 5.73 Å². The average Bonchev–Trinajstić information content (AvgIpc) is 2.32. The van der Waals surface area contributed by atoms with Crippen molar-refractivity contribution in [1.82, 2.24) is 9.97 Å². The molecule has 0 aliphatic heterocycles. The number of halogens is 2. The molecule has 1 aromatic carbocycles. The maximum atomic E-state index is 11.5. The van der Waals surface area contributed by atoms with Crippen LogP contribution in [0.3, 0.4) is 0 Å². The summed E-state index contributed by atoms with van der Waals surface area (Å²) >= 11 is 11.9. The lowest BCUT2D eigenvalue weighted by molar-refractivity contribution is 0.753. The molecule has 3 N–H and O–H groups in total. The molecule has 0 radical (unpaired) electrons. The molecule has 1 heterocycles. The maximum Gasteiger partial charge on any atom is 0.251 e. The minimum Gasteiger partial charge on any atom is -0.323 e. The number of benzene rings is 1. The van der Waals surface area contributed by atoms with E-state index in [4.69, 9.17) is 28.9 Å². The Bertz CT molecular complexity index is 653. The lowest BCUT2D eigenvalue weighted by Crippen LogP contribution is -2.17. The number of H-pyrrole nitrogens is 1. The highest BCUT2D eigenvalue weighted by molar-refractivity contribution is 6.35. The fraction of sp³-hybridized carbons (Fsp3) is 0.231. The zero-order chi connectivity index (χ0) is 14.0. The van der Waals surface area contributed by atoms with Crippen molar-refractivity contribution < 1.29 is 0 Å². The summed E-state index contributed by atoms with van der Waals surface area (Å²) in [5.74, 6) is 0.532. The van der Waals surface area contributed by atoms with Crippen LogP contribution in [0.2, 0.25) is 10.0 Å². The lowest BCUT2D eigenvalue weighted by atomic mass is 10.1. The summed E-state index contributed by atoms with van der Waals surface area (Å²) in [5, 5.41) is 1.11. The van der Waals surface area contributed by atoms with E-state index < -0.39 is 0 Å². The van der Waals surface area contributed by atoms with Gasteiger partial charge in [-0.3, -0.25) is 4.79 Å². The predicted octanol–water partition coefficient (Wildman–Crippen LogP) is 2.69. The minimum atomic E-state index is -0.290. The Balaban J connectivity index is 2.35. The van der Waals surface area contributed by atoms with Gasteiger partial charge in [-0.2, -0.15) is 0 Å².